The second kappa shape index (κ2) is 20.7. The fraction of sp³-hybridized carbons (Fsp3) is 0.857. The Labute approximate surface area is 259 Å². The summed E-state index contributed by atoms with van der Waals surface area (Å²) in [6.07, 6.45) is -2.55. The number of carboxylic acids is 1. The quantitative estimate of drug-likeness (QED) is 0.0671. The maximum absolute atomic E-state index is 12.4. The van der Waals surface area contributed by atoms with Gasteiger partial charge in [0.15, 0.2) is 6.29 Å². The van der Waals surface area contributed by atoms with Crippen molar-refractivity contribution < 1.29 is 49.0 Å². The SMILES string of the molecule is CC(COC(C(C)C(O)O)C(O)C(C)C(=O)O)C(=O)NCCOCCOCCOCCn1cc(CN2CCN(C)CC2)nn1. The highest BCUT2D eigenvalue weighted by atomic mass is 16.5. The summed E-state index contributed by atoms with van der Waals surface area (Å²) >= 11 is 0. The first-order valence-electron chi connectivity index (χ1n) is 15.2. The molecule has 1 fully saturated rings. The molecule has 0 spiro atoms. The Hall–Kier alpha value is -2.28. The van der Waals surface area contributed by atoms with Crippen LogP contribution in [0.2, 0.25) is 0 Å². The van der Waals surface area contributed by atoms with Crippen LogP contribution in [0.25, 0.3) is 0 Å². The number of carboxylic acid groups (broad SMARTS) is 1. The van der Waals surface area contributed by atoms with Gasteiger partial charge in [0.2, 0.25) is 5.91 Å². The molecule has 0 radical (unpaired) electrons. The maximum atomic E-state index is 12.4. The molecule has 0 aromatic carbocycles. The van der Waals surface area contributed by atoms with Crippen LogP contribution in [0.3, 0.4) is 0 Å². The molecule has 1 aliphatic rings. The number of nitrogens with zero attached hydrogens (tertiary/aromatic N) is 5. The Bertz CT molecular complexity index is 946. The second-order valence-corrected chi connectivity index (χ2v) is 11.3. The van der Waals surface area contributed by atoms with Crippen molar-refractivity contribution in [2.75, 3.05) is 86.0 Å². The van der Waals surface area contributed by atoms with Crippen LogP contribution in [-0.2, 0) is 41.6 Å². The van der Waals surface area contributed by atoms with E-state index in [2.05, 4.69) is 32.5 Å². The van der Waals surface area contributed by atoms with Gasteiger partial charge in [-0.1, -0.05) is 19.1 Å². The average molecular weight is 633 g/mol. The van der Waals surface area contributed by atoms with Crippen molar-refractivity contribution in [3.05, 3.63) is 11.9 Å². The van der Waals surface area contributed by atoms with E-state index >= 15 is 0 Å². The fourth-order valence-electron chi connectivity index (χ4n) is 4.37. The molecule has 254 valence electrons. The number of hydrogen-bond acceptors (Lipinski definition) is 13. The Balaban J connectivity index is 1.47. The highest BCUT2D eigenvalue weighted by Gasteiger charge is 2.36. The van der Waals surface area contributed by atoms with Crippen LogP contribution in [0.1, 0.15) is 26.5 Å². The summed E-state index contributed by atoms with van der Waals surface area (Å²) in [5.74, 6) is -4.38. The molecule has 0 aliphatic carbocycles. The van der Waals surface area contributed by atoms with E-state index in [4.69, 9.17) is 24.1 Å². The van der Waals surface area contributed by atoms with E-state index in [1.807, 2.05) is 6.20 Å². The molecule has 1 aromatic heterocycles. The number of aliphatic hydroxyl groups excluding tert-OH is 2. The molecule has 0 saturated carbocycles. The number of carbonyl (C=O) groups is 2. The van der Waals surface area contributed by atoms with Crippen molar-refractivity contribution in [2.24, 2.45) is 17.8 Å². The molecule has 1 aromatic rings. The van der Waals surface area contributed by atoms with E-state index in [1.54, 1.807) is 11.6 Å². The number of aromatic nitrogens is 3. The first kappa shape index (κ1) is 37.9. The minimum absolute atomic E-state index is 0.148. The number of hydrogen-bond donors (Lipinski definition) is 5. The second-order valence-electron chi connectivity index (χ2n) is 11.3. The lowest BCUT2D eigenvalue weighted by atomic mass is 9.91. The van der Waals surface area contributed by atoms with Crippen molar-refractivity contribution in [2.45, 2.75) is 52.4 Å². The van der Waals surface area contributed by atoms with Gasteiger partial charge in [0.25, 0.3) is 0 Å². The van der Waals surface area contributed by atoms with Gasteiger partial charge in [0.05, 0.1) is 82.5 Å². The standard InChI is InChI=1S/C28H52N6O10/c1-20(19-44-25(22(3)28(39)40)24(35)21(2)27(37)38)26(36)29-5-11-41-13-15-43-16-14-42-12-10-34-18-23(30-31-34)17-33-8-6-32(4)7-9-33/h18,20-22,24-25,28,35,39-40H,5-17,19H2,1-4H3,(H,29,36)(H,37,38). The van der Waals surface area contributed by atoms with E-state index in [0.717, 1.165) is 38.4 Å². The molecular weight excluding hydrogens is 580 g/mol. The molecule has 16 heteroatoms. The summed E-state index contributed by atoms with van der Waals surface area (Å²) in [4.78, 5) is 28.3. The highest BCUT2D eigenvalue weighted by Crippen LogP contribution is 2.21. The first-order valence-corrected chi connectivity index (χ1v) is 15.2. The third kappa shape index (κ3) is 14.2. The largest absolute Gasteiger partial charge is 0.481 e. The smallest absolute Gasteiger partial charge is 0.308 e. The van der Waals surface area contributed by atoms with E-state index in [-0.39, 0.29) is 25.7 Å². The maximum Gasteiger partial charge on any atom is 0.308 e. The van der Waals surface area contributed by atoms with Gasteiger partial charge in [-0.05, 0) is 14.0 Å². The summed E-state index contributed by atoms with van der Waals surface area (Å²) in [5.41, 5.74) is 0.963. The van der Waals surface area contributed by atoms with Gasteiger partial charge in [-0.3, -0.25) is 14.5 Å². The van der Waals surface area contributed by atoms with Crippen molar-refractivity contribution in [1.29, 1.82) is 0 Å². The molecule has 5 atom stereocenters. The Kier molecular flexibility index (Phi) is 17.8. The van der Waals surface area contributed by atoms with Crippen molar-refractivity contribution in [3.63, 3.8) is 0 Å². The zero-order valence-electron chi connectivity index (χ0n) is 26.4. The van der Waals surface area contributed by atoms with E-state index < -0.39 is 42.2 Å². The van der Waals surface area contributed by atoms with E-state index in [9.17, 15) is 24.9 Å². The van der Waals surface area contributed by atoms with E-state index in [1.165, 1.54) is 13.8 Å². The highest BCUT2D eigenvalue weighted by molar-refractivity contribution is 5.78. The van der Waals surface area contributed by atoms with Gasteiger partial charge >= 0.3 is 5.97 Å². The monoisotopic (exact) mass is 632 g/mol. The lowest BCUT2D eigenvalue weighted by Gasteiger charge is -2.32. The molecule has 1 aliphatic heterocycles. The number of aliphatic carboxylic acids is 1. The number of rotatable bonds is 23. The van der Waals surface area contributed by atoms with E-state index in [0.29, 0.717) is 39.6 Å². The predicted octanol–water partition coefficient (Wildman–Crippen LogP) is -1.76. The van der Waals surface area contributed by atoms with Gasteiger partial charge in [-0.25, -0.2) is 4.68 Å². The Morgan fingerprint density at radius 1 is 0.955 bits per heavy atom. The number of likely N-dealkylation sites (N-methyl/N-ethyl adjacent to an activating group) is 1. The number of carbonyl (C=O) groups excluding carboxylic acids is 1. The van der Waals surface area contributed by atoms with Gasteiger partial charge in [-0.2, -0.15) is 0 Å². The molecule has 44 heavy (non-hydrogen) atoms. The van der Waals surface area contributed by atoms with Crippen molar-refractivity contribution in [3.8, 4) is 0 Å². The Morgan fingerprint density at radius 2 is 1.57 bits per heavy atom. The normalized spacial score (nSPS) is 18.2. The lowest BCUT2D eigenvalue weighted by Crippen LogP contribution is -2.46. The summed E-state index contributed by atoms with van der Waals surface area (Å²) in [6.45, 7) is 12.5. The molecule has 2 heterocycles. The minimum Gasteiger partial charge on any atom is -0.481 e. The van der Waals surface area contributed by atoms with Gasteiger partial charge in [0, 0.05) is 51.4 Å². The zero-order valence-corrected chi connectivity index (χ0v) is 26.4. The number of aliphatic hydroxyl groups is 3. The van der Waals surface area contributed by atoms with Gasteiger partial charge in [0.1, 0.15) is 0 Å². The van der Waals surface area contributed by atoms with Crippen LogP contribution >= 0.6 is 0 Å². The number of ether oxygens (including phenoxy) is 4. The molecule has 16 nitrogen and oxygen atoms in total. The molecule has 0 bridgehead atoms. The van der Waals surface area contributed by atoms with Crippen LogP contribution < -0.4 is 5.32 Å². The first-order chi connectivity index (χ1) is 21.0. The summed E-state index contributed by atoms with van der Waals surface area (Å²) in [7, 11) is 2.14. The third-order valence-corrected chi connectivity index (χ3v) is 7.54. The van der Waals surface area contributed by atoms with Crippen LogP contribution in [-0.4, -0.2) is 162 Å². The summed E-state index contributed by atoms with van der Waals surface area (Å²) in [6, 6.07) is 0. The van der Waals surface area contributed by atoms with Crippen LogP contribution in [0.15, 0.2) is 6.20 Å². The predicted molar refractivity (Wildman–Crippen MR) is 157 cm³/mol. The fourth-order valence-corrected chi connectivity index (χ4v) is 4.37. The molecule has 2 rings (SSSR count). The van der Waals surface area contributed by atoms with Crippen LogP contribution in [0, 0.1) is 17.8 Å². The Morgan fingerprint density at radius 3 is 2.18 bits per heavy atom. The van der Waals surface area contributed by atoms with Crippen molar-refractivity contribution in [1.82, 2.24) is 30.1 Å². The summed E-state index contributed by atoms with van der Waals surface area (Å²) < 4.78 is 23.9. The minimum atomic E-state index is -1.83. The van der Waals surface area contributed by atoms with Crippen LogP contribution in [0.4, 0.5) is 0 Å². The van der Waals surface area contributed by atoms with Gasteiger partial charge < -0.3 is 49.6 Å². The molecular formula is C28H52N6O10. The number of amides is 1. The molecule has 5 N–H and O–H groups in total. The average Bonchev–Trinajstić information content (AvgIpc) is 3.44. The molecule has 1 saturated heterocycles. The van der Waals surface area contributed by atoms with Crippen molar-refractivity contribution >= 4 is 11.9 Å². The zero-order chi connectivity index (χ0) is 32.5. The summed E-state index contributed by atoms with van der Waals surface area (Å²) in [5, 5.41) is 49.6. The molecule has 5 unspecified atom stereocenters. The molecule has 1 amide bonds. The topological polar surface area (TPSA) is 201 Å². The lowest BCUT2D eigenvalue weighted by molar-refractivity contribution is -0.174. The van der Waals surface area contributed by atoms with Crippen LogP contribution in [0.5, 0.6) is 0 Å². The third-order valence-electron chi connectivity index (χ3n) is 7.54. The number of nitrogens with one attached hydrogen (secondary N) is 1. The van der Waals surface area contributed by atoms with Gasteiger partial charge in [-0.15, -0.1) is 5.10 Å². The number of piperazine rings is 1.